The summed E-state index contributed by atoms with van der Waals surface area (Å²) in [6, 6.07) is 4.49. The number of thiophene rings is 1. The molecule has 6 heteroatoms. The largest absolute Gasteiger partial charge is 0.342 e. The van der Waals surface area contributed by atoms with Crippen molar-refractivity contribution in [2.75, 3.05) is 32.7 Å². The van der Waals surface area contributed by atoms with Gasteiger partial charge in [-0.15, -0.1) is 11.3 Å². The number of hydrogen-bond acceptors (Lipinski definition) is 3. The van der Waals surface area contributed by atoms with Gasteiger partial charge in [0, 0.05) is 43.6 Å². The van der Waals surface area contributed by atoms with Crippen LogP contribution in [0.25, 0.3) is 0 Å². The Morgan fingerprint density at radius 2 is 2.04 bits per heavy atom. The van der Waals surface area contributed by atoms with E-state index in [1.807, 2.05) is 32.2 Å². The fraction of sp³-hybridized carbons (Fsp3) is 0.647. The zero-order chi connectivity index (χ0) is 16.2. The fourth-order valence-electron chi connectivity index (χ4n) is 3.52. The van der Waals surface area contributed by atoms with E-state index in [2.05, 4.69) is 6.92 Å². The van der Waals surface area contributed by atoms with Crippen molar-refractivity contribution in [2.24, 2.45) is 0 Å². The molecule has 1 aromatic heterocycles. The summed E-state index contributed by atoms with van der Waals surface area (Å²) in [5.74, 6) is 0.214. The normalized spacial score (nSPS) is 19.7. The molecule has 2 aliphatic heterocycles. The lowest BCUT2D eigenvalue weighted by molar-refractivity contribution is -0.131. The summed E-state index contributed by atoms with van der Waals surface area (Å²) in [5, 5.41) is 2.01. The first-order chi connectivity index (χ1) is 11.2. The molecule has 3 amide bonds. The van der Waals surface area contributed by atoms with Gasteiger partial charge in [0.05, 0.1) is 6.42 Å². The fourth-order valence-corrected chi connectivity index (χ4v) is 4.21. The molecule has 23 heavy (non-hydrogen) atoms. The SMILES string of the molecule is CCCN1CCN(C2CCN(C(=O)Cc3cccs3)CC2)C1=O. The zero-order valence-electron chi connectivity index (χ0n) is 13.7. The first kappa shape index (κ1) is 16.3. The van der Waals surface area contributed by atoms with E-state index >= 15 is 0 Å². The molecule has 0 unspecified atom stereocenters. The second-order valence-electron chi connectivity index (χ2n) is 6.33. The van der Waals surface area contributed by atoms with Crippen molar-refractivity contribution in [2.45, 2.75) is 38.6 Å². The quantitative estimate of drug-likeness (QED) is 0.829. The van der Waals surface area contributed by atoms with Crippen LogP contribution in [0.1, 0.15) is 31.1 Å². The van der Waals surface area contributed by atoms with Crippen LogP contribution in [0.3, 0.4) is 0 Å². The van der Waals surface area contributed by atoms with Crippen LogP contribution in [0.5, 0.6) is 0 Å². The molecule has 1 aromatic rings. The van der Waals surface area contributed by atoms with Crippen LogP contribution < -0.4 is 0 Å². The highest BCUT2D eigenvalue weighted by atomic mass is 32.1. The topological polar surface area (TPSA) is 43.9 Å². The molecule has 126 valence electrons. The molecule has 0 radical (unpaired) electrons. The second-order valence-corrected chi connectivity index (χ2v) is 7.36. The average Bonchev–Trinajstić information content (AvgIpc) is 3.19. The number of likely N-dealkylation sites (tertiary alicyclic amines) is 1. The van der Waals surface area contributed by atoms with Crippen molar-refractivity contribution in [3.8, 4) is 0 Å². The number of hydrogen-bond donors (Lipinski definition) is 0. The first-order valence-corrected chi connectivity index (χ1v) is 9.42. The number of rotatable bonds is 5. The molecule has 2 saturated heterocycles. The maximum atomic E-state index is 12.4. The summed E-state index contributed by atoms with van der Waals surface area (Å²) in [4.78, 5) is 31.8. The van der Waals surface area contributed by atoms with Gasteiger partial charge in [0.1, 0.15) is 0 Å². The molecule has 0 saturated carbocycles. The highest BCUT2D eigenvalue weighted by Crippen LogP contribution is 2.22. The molecular weight excluding hydrogens is 310 g/mol. The maximum Gasteiger partial charge on any atom is 0.320 e. The third-order valence-electron chi connectivity index (χ3n) is 4.78. The number of carbonyl (C=O) groups is 2. The van der Waals surface area contributed by atoms with Gasteiger partial charge in [0.2, 0.25) is 5.91 Å². The minimum absolute atomic E-state index is 0.190. The summed E-state index contributed by atoms with van der Waals surface area (Å²) in [7, 11) is 0. The monoisotopic (exact) mass is 335 g/mol. The van der Waals surface area contributed by atoms with Gasteiger partial charge in [-0.2, -0.15) is 0 Å². The second kappa shape index (κ2) is 7.34. The Kier molecular flexibility index (Phi) is 5.20. The standard InChI is InChI=1S/C17H25N3O2S/c1-2-7-19-10-11-20(17(19)22)14-5-8-18(9-6-14)16(21)13-15-4-3-12-23-15/h3-4,12,14H,2,5-11,13H2,1H3. The predicted octanol–water partition coefficient (Wildman–Crippen LogP) is 2.43. The summed E-state index contributed by atoms with van der Waals surface area (Å²) >= 11 is 1.64. The highest BCUT2D eigenvalue weighted by molar-refractivity contribution is 7.10. The zero-order valence-corrected chi connectivity index (χ0v) is 14.6. The van der Waals surface area contributed by atoms with E-state index in [0.717, 1.165) is 56.9 Å². The van der Waals surface area contributed by atoms with Gasteiger partial charge in [-0.25, -0.2) is 4.79 Å². The maximum absolute atomic E-state index is 12.4. The molecule has 0 atom stereocenters. The Hall–Kier alpha value is -1.56. The molecule has 0 aliphatic carbocycles. The summed E-state index contributed by atoms with van der Waals surface area (Å²) < 4.78 is 0. The van der Waals surface area contributed by atoms with Crippen LogP contribution in [0.2, 0.25) is 0 Å². The third kappa shape index (κ3) is 3.68. The lowest BCUT2D eigenvalue weighted by Gasteiger charge is -2.36. The van der Waals surface area contributed by atoms with Crippen LogP contribution in [-0.2, 0) is 11.2 Å². The smallest absolute Gasteiger partial charge is 0.320 e. The van der Waals surface area contributed by atoms with Gasteiger partial charge in [-0.05, 0) is 30.7 Å². The van der Waals surface area contributed by atoms with E-state index in [1.54, 1.807) is 11.3 Å². The highest BCUT2D eigenvalue weighted by Gasteiger charge is 2.35. The van der Waals surface area contributed by atoms with Crippen LogP contribution in [0, 0.1) is 0 Å². The number of piperidine rings is 1. The average molecular weight is 335 g/mol. The molecule has 3 rings (SSSR count). The molecule has 2 aliphatic rings. The van der Waals surface area contributed by atoms with E-state index in [-0.39, 0.29) is 11.9 Å². The Morgan fingerprint density at radius 3 is 2.70 bits per heavy atom. The minimum atomic E-state index is 0.190. The van der Waals surface area contributed by atoms with Gasteiger partial charge >= 0.3 is 6.03 Å². The number of urea groups is 1. The van der Waals surface area contributed by atoms with E-state index in [1.165, 1.54) is 0 Å². The molecule has 3 heterocycles. The molecule has 5 nitrogen and oxygen atoms in total. The lowest BCUT2D eigenvalue weighted by Crippen LogP contribution is -2.48. The predicted molar refractivity (Wildman–Crippen MR) is 91.6 cm³/mol. The van der Waals surface area contributed by atoms with E-state index in [9.17, 15) is 9.59 Å². The summed E-state index contributed by atoms with van der Waals surface area (Å²) in [6.45, 7) is 6.19. The van der Waals surface area contributed by atoms with Crippen molar-refractivity contribution in [3.05, 3.63) is 22.4 Å². The Bertz CT molecular complexity index is 538. The van der Waals surface area contributed by atoms with Gasteiger partial charge in [-0.1, -0.05) is 13.0 Å². The van der Waals surface area contributed by atoms with E-state index in [4.69, 9.17) is 0 Å². The van der Waals surface area contributed by atoms with Crippen LogP contribution >= 0.6 is 11.3 Å². The lowest BCUT2D eigenvalue weighted by atomic mass is 10.0. The van der Waals surface area contributed by atoms with Gasteiger partial charge in [0.25, 0.3) is 0 Å². The van der Waals surface area contributed by atoms with Crippen molar-refractivity contribution < 1.29 is 9.59 Å². The van der Waals surface area contributed by atoms with Crippen molar-refractivity contribution >= 4 is 23.3 Å². The van der Waals surface area contributed by atoms with Crippen molar-refractivity contribution in [1.82, 2.24) is 14.7 Å². The van der Waals surface area contributed by atoms with Gasteiger partial charge < -0.3 is 14.7 Å². The molecule has 0 spiro atoms. The molecule has 0 aromatic carbocycles. The van der Waals surface area contributed by atoms with Gasteiger partial charge in [-0.3, -0.25) is 4.79 Å². The van der Waals surface area contributed by atoms with Crippen LogP contribution in [0.15, 0.2) is 17.5 Å². The number of carbonyl (C=O) groups excluding carboxylic acids is 2. The van der Waals surface area contributed by atoms with Crippen LogP contribution in [-0.4, -0.2) is 65.4 Å². The van der Waals surface area contributed by atoms with Crippen LogP contribution in [0.4, 0.5) is 4.79 Å². The third-order valence-corrected chi connectivity index (χ3v) is 5.66. The molecule has 0 N–H and O–H groups in total. The number of amides is 3. The van der Waals surface area contributed by atoms with Crippen molar-refractivity contribution in [3.63, 3.8) is 0 Å². The Labute approximate surface area is 141 Å². The Morgan fingerprint density at radius 1 is 1.26 bits per heavy atom. The Balaban J connectivity index is 1.49. The summed E-state index contributed by atoms with van der Waals surface area (Å²) in [6.07, 6.45) is 3.33. The van der Waals surface area contributed by atoms with Crippen molar-refractivity contribution in [1.29, 1.82) is 0 Å². The minimum Gasteiger partial charge on any atom is -0.342 e. The molecule has 0 bridgehead atoms. The van der Waals surface area contributed by atoms with E-state index < -0.39 is 0 Å². The molecular formula is C17H25N3O2S. The van der Waals surface area contributed by atoms with E-state index in [0.29, 0.717) is 12.5 Å². The van der Waals surface area contributed by atoms with Gasteiger partial charge in [0.15, 0.2) is 0 Å². The molecule has 2 fully saturated rings. The number of nitrogens with zero attached hydrogens (tertiary/aromatic N) is 3. The summed E-state index contributed by atoms with van der Waals surface area (Å²) in [5.41, 5.74) is 0. The first-order valence-electron chi connectivity index (χ1n) is 8.54.